The molecule has 0 aliphatic carbocycles. The number of hydrogen-bond acceptors (Lipinski definition) is 9. The monoisotopic (exact) mass is 632 g/mol. The van der Waals surface area contributed by atoms with Crippen molar-refractivity contribution in [3.05, 3.63) is 60.2 Å². The molecule has 2 aromatic rings. The predicted octanol–water partition coefficient (Wildman–Crippen LogP) is 3.54. The number of nitrogens with zero attached hydrogens (tertiary/aromatic N) is 1. The van der Waals surface area contributed by atoms with Gasteiger partial charge in [-0.05, 0) is 61.4 Å². The summed E-state index contributed by atoms with van der Waals surface area (Å²) in [5.74, 6) is 0.461. The number of carbonyl (C=O) groups is 2. The number of hydrogen-bond donors (Lipinski definition) is 2. The number of aliphatic hydroxyl groups is 1. The molecule has 2 aliphatic heterocycles. The highest BCUT2D eigenvalue weighted by Crippen LogP contribution is 2.33. The molecule has 0 bridgehead atoms. The van der Waals surface area contributed by atoms with Gasteiger partial charge >= 0.3 is 6.09 Å². The Morgan fingerprint density at radius 1 is 1.11 bits per heavy atom. The zero-order valence-electron chi connectivity index (χ0n) is 25.8. The largest absolute Gasteiger partial charge is 0.497 e. The van der Waals surface area contributed by atoms with E-state index in [0.29, 0.717) is 25.2 Å². The fourth-order valence-corrected chi connectivity index (χ4v) is 7.22. The number of fused-ring (bicyclic) bond motifs is 1. The van der Waals surface area contributed by atoms with Gasteiger partial charge in [0.2, 0.25) is 10.0 Å². The molecule has 4 rings (SSSR count). The van der Waals surface area contributed by atoms with Crippen LogP contribution < -0.4 is 10.1 Å². The summed E-state index contributed by atoms with van der Waals surface area (Å²) in [6.07, 6.45) is -1.19. The van der Waals surface area contributed by atoms with E-state index in [4.69, 9.17) is 18.9 Å². The minimum Gasteiger partial charge on any atom is -0.497 e. The van der Waals surface area contributed by atoms with Crippen LogP contribution in [0.3, 0.4) is 0 Å². The summed E-state index contributed by atoms with van der Waals surface area (Å²) in [4.78, 5) is 24.9. The summed E-state index contributed by atoms with van der Waals surface area (Å²) in [6, 6.07) is 14.5. The number of amides is 1. The number of nitrogens with one attached hydrogen (secondary N) is 1. The van der Waals surface area contributed by atoms with Crippen LogP contribution in [0.4, 0.5) is 4.79 Å². The Morgan fingerprint density at radius 2 is 1.82 bits per heavy atom. The Kier molecular flexibility index (Phi) is 11.4. The molecule has 2 N–H and O–H groups in total. The van der Waals surface area contributed by atoms with E-state index >= 15 is 0 Å². The number of carbonyl (C=O) groups excluding carboxylic acids is 2. The van der Waals surface area contributed by atoms with Crippen LogP contribution in [0.1, 0.15) is 45.6 Å². The van der Waals surface area contributed by atoms with E-state index in [0.717, 1.165) is 12.0 Å². The molecular formula is C32H44N2O9S. The molecule has 0 saturated carbocycles. The van der Waals surface area contributed by atoms with E-state index in [1.54, 1.807) is 12.1 Å². The molecule has 2 fully saturated rings. The summed E-state index contributed by atoms with van der Waals surface area (Å²) in [5.41, 5.74) is 0.255. The minimum absolute atomic E-state index is 0.0106. The van der Waals surface area contributed by atoms with Crippen LogP contribution in [0.25, 0.3) is 0 Å². The number of sulfonamides is 1. The molecule has 0 unspecified atom stereocenters. The Morgan fingerprint density at radius 3 is 2.48 bits per heavy atom. The Hall–Kier alpha value is -3.03. The molecule has 0 radical (unpaired) electrons. The van der Waals surface area contributed by atoms with Gasteiger partial charge < -0.3 is 34.2 Å². The SMILES string of the molecule is COc1ccc(S(=O)(=O)N(C[C@@H](O)[C@H](Cc2ccccc2)NC(=O)O[C@H]2CO[C@H]3OCC[C@H]32)CC(C)(C)CCC(C)=O)cc1. The molecular weight excluding hydrogens is 588 g/mol. The minimum atomic E-state index is -4.10. The zero-order valence-corrected chi connectivity index (χ0v) is 26.6. The lowest BCUT2D eigenvalue weighted by Crippen LogP contribution is -2.52. The van der Waals surface area contributed by atoms with Gasteiger partial charge in [0.1, 0.15) is 17.6 Å². The van der Waals surface area contributed by atoms with Crippen LogP contribution in [-0.4, -0.2) is 87.7 Å². The number of Topliss-reactive ketones (excluding diaryl/α,β-unsaturated/α-hetero) is 1. The quantitative estimate of drug-likeness (QED) is 0.302. The van der Waals surface area contributed by atoms with Crippen molar-refractivity contribution in [3.63, 3.8) is 0 Å². The van der Waals surface area contributed by atoms with Gasteiger partial charge in [-0.15, -0.1) is 0 Å². The highest BCUT2D eigenvalue weighted by atomic mass is 32.2. The lowest BCUT2D eigenvalue weighted by Gasteiger charge is -2.35. The first kappa shape index (κ1) is 33.9. The van der Waals surface area contributed by atoms with E-state index in [1.165, 1.54) is 30.5 Å². The first-order valence-corrected chi connectivity index (χ1v) is 16.4. The van der Waals surface area contributed by atoms with Gasteiger partial charge in [0.15, 0.2) is 6.29 Å². The molecule has 11 nitrogen and oxygen atoms in total. The van der Waals surface area contributed by atoms with Crippen LogP contribution in [0.5, 0.6) is 5.75 Å². The zero-order chi connectivity index (χ0) is 31.9. The van der Waals surface area contributed by atoms with Crippen molar-refractivity contribution >= 4 is 21.9 Å². The van der Waals surface area contributed by atoms with Crippen LogP contribution in [0, 0.1) is 11.3 Å². The second kappa shape index (κ2) is 14.8. The first-order chi connectivity index (χ1) is 20.9. The van der Waals surface area contributed by atoms with Gasteiger partial charge in [-0.2, -0.15) is 4.31 Å². The summed E-state index contributed by atoms with van der Waals surface area (Å²) in [5, 5.41) is 14.4. The topological polar surface area (TPSA) is 141 Å². The van der Waals surface area contributed by atoms with Crippen LogP contribution in [0.15, 0.2) is 59.5 Å². The fourth-order valence-electron chi connectivity index (χ4n) is 5.57. The van der Waals surface area contributed by atoms with Crippen LogP contribution >= 0.6 is 0 Å². The summed E-state index contributed by atoms with van der Waals surface area (Å²) < 4.78 is 51.2. The van der Waals surface area contributed by atoms with E-state index in [-0.39, 0.29) is 49.0 Å². The van der Waals surface area contributed by atoms with Crippen molar-refractivity contribution in [1.82, 2.24) is 9.62 Å². The average Bonchev–Trinajstić information content (AvgIpc) is 3.61. The smallest absolute Gasteiger partial charge is 0.407 e. The highest BCUT2D eigenvalue weighted by molar-refractivity contribution is 7.89. The standard InChI is InChI=1S/C32H44N2O9S/c1-22(35)14-16-32(2,3)21-34(44(38,39)25-12-10-24(40-4)11-13-25)19-28(36)27(18-23-8-6-5-7-9-23)33-31(37)43-29-20-42-30-26(29)15-17-41-30/h5-13,26-30,36H,14-21H2,1-4H3,(H,33,37)/t26-,27-,28+,29-,30+/m0/s1. The number of alkyl carbamates (subject to hydrolysis) is 1. The van der Waals surface area contributed by atoms with Crippen LogP contribution in [-0.2, 0) is 35.4 Å². The third-order valence-electron chi connectivity index (χ3n) is 8.16. The molecule has 2 aromatic carbocycles. The molecule has 5 atom stereocenters. The van der Waals surface area contributed by atoms with Crippen molar-refractivity contribution in [2.45, 2.75) is 75.9 Å². The maximum atomic E-state index is 14.0. The van der Waals surface area contributed by atoms with E-state index in [1.807, 2.05) is 44.2 Å². The number of methoxy groups -OCH3 is 1. The molecule has 12 heteroatoms. The van der Waals surface area contributed by atoms with Gasteiger partial charge in [0.05, 0.1) is 43.3 Å². The fraction of sp³-hybridized carbons (Fsp3) is 0.562. The molecule has 0 spiro atoms. The molecule has 2 aliphatic rings. The molecule has 2 heterocycles. The number of benzene rings is 2. The van der Waals surface area contributed by atoms with Crippen molar-refractivity contribution in [1.29, 1.82) is 0 Å². The van der Waals surface area contributed by atoms with Crippen molar-refractivity contribution in [2.24, 2.45) is 11.3 Å². The molecule has 1 amide bonds. The number of ether oxygens (including phenoxy) is 4. The Bertz CT molecular complexity index is 1350. The summed E-state index contributed by atoms with van der Waals surface area (Å²) in [7, 11) is -2.60. The van der Waals surface area contributed by atoms with Crippen LogP contribution in [0.2, 0.25) is 0 Å². The number of aliphatic hydroxyl groups excluding tert-OH is 1. The van der Waals surface area contributed by atoms with Crippen molar-refractivity contribution in [3.8, 4) is 5.75 Å². The third kappa shape index (κ3) is 9.01. The normalized spacial score (nSPS) is 21.5. The molecule has 0 aromatic heterocycles. The lowest BCUT2D eigenvalue weighted by molar-refractivity contribution is -0.117. The number of ketones is 1. The Labute approximate surface area is 259 Å². The summed E-state index contributed by atoms with van der Waals surface area (Å²) >= 11 is 0. The maximum Gasteiger partial charge on any atom is 0.407 e. The lowest BCUT2D eigenvalue weighted by atomic mass is 9.87. The van der Waals surface area contributed by atoms with E-state index in [2.05, 4.69) is 5.32 Å². The average molecular weight is 633 g/mol. The van der Waals surface area contributed by atoms with Gasteiger partial charge in [-0.1, -0.05) is 44.2 Å². The molecule has 44 heavy (non-hydrogen) atoms. The maximum absolute atomic E-state index is 14.0. The molecule has 2 saturated heterocycles. The van der Waals surface area contributed by atoms with E-state index in [9.17, 15) is 23.1 Å². The Balaban J connectivity index is 1.57. The second-order valence-corrected chi connectivity index (χ2v) is 14.3. The van der Waals surface area contributed by atoms with Gasteiger partial charge in [-0.3, -0.25) is 0 Å². The highest BCUT2D eigenvalue weighted by Gasteiger charge is 2.44. The van der Waals surface area contributed by atoms with Gasteiger partial charge in [0, 0.05) is 19.5 Å². The van der Waals surface area contributed by atoms with Gasteiger partial charge in [-0.25, -0.2) is 13.2 Å². The first-order valence-electron chi connectivity index (χ1n) is 14.9. The second-order valence-electron chi connectivity index (χ2n) is 12.3. The van der Waals surface area contributed by atoms with Crippen molar-refractivity contribution in [2.75, 3.05) is 33.4 Å². The van der Waals surface area contributed by atoms with E-state index < -0.39 is 39.8 Å². The number of rotatable bonds is 15. The predicted molar refractivity (Wildman–Crippen MR) is 163 cm³/mol. The molecule has 242 valence electrons. The third-order valence-corrected chi connectivity index (χ3v) is 9.98. The van der Waals surface area contributed by atoms with Crippen molar-refractivity contribution < 1.29 is 42.1 Å². The van der Waals surface area contributed by atoms with Gasteiger partial charge in [0.25, 0.3) is 0 Å². The summed E-state index contributed by atoms with van der Waals surface area (Å²) in [6.45, 7) is 5.77.